The number of nitrogens with zero attached hydrogens (tertiary/aromatic N) is 1. The number of nitrogens with one attached hydrogen (secondary N) is 3. The Kier molecular flexibility index (Phi) is 5.55. The Morgan fingerprint density at radius 2 is 2.00 bits per heavy atom. The molecule has 0 fully saturated rings. The van der Waals surface area contributed by atoms with Gasteiger partial charge >= 0.3 is 0 Å². The topological polar surface area (TPSA) is 66.0 Å². The second-order valence-electron chi connectivity index (χ2n) is 7.14. The van der Waals surface area contributed by atoms with Crippen molar-refractivity contribution in [2.24, 2.45) is 0 Å². The van der Waals surface area contributed by atoms with E-state index in [0.717, 1.165) is 30.8 Å². The van der Waals surface area contributed by atoms with Crippen LogP contribution in [0.2, 0.25) is 0 Å². The fourth-order valence-electron chi connectivity index (χ4n) is 3.03. The van der Waals surface area contributed by atoms with Crippen LogP contribution in [0.15, 0.2) is 36.0 Å². The van der Waals surface area contributed by atoms with Crippen molar-refractivity contribution in [1.82, 2.24) is 20.9 Å². The van der Waals surface area contributed by atoms with Gasteiger partial charge < -0.3 is 10.6 Å². The molecule has 0 saturated carbocycles. The molecule has 2 rings (SSSR count). The third-order valence-corrected chi connectivity index (χ3v) is 3.91. The third-order valence-electron chi connectivity index (χ3n) is 3.91. The van der Waals surface area contributed by atoms with Crippen LogP contribution in [-0.4, -0.2) is 35.1 Å². The molecule has 1 aromatic rings. The molecule has 5 heteroatoms. The second-order valence-corrected chi connectivity index (χ2v) is 7.14. The Labute approximate surface area is 139 Å². The quantitative estimate of drug-likeness (QED) is 0.671. The summed E-state index contributed by atoms with van der Waals surface area (Å²) in [7, 11) is 0. The molecule has 0 atom stereocenters. The zero-order valence-corrected chi connectivity index (χ0v) is 14.6. The summed E-state index contributed by atoms with van der Waals surface area (Å²) in [5, 5.41) is 9.80. The van der Waals surface area contributed by atoms with Crippen LogP contribution in [0, 0.1) is 0 Å². The number of carbonyl (C=O) groups excluding carboxylic acids is 1. The average molecular weight is 316 g/mol. The number of hydrogen-bond donors (Lipinski definition) is 3. The molecule has 0 saturated heterocycles. The van der Waals surface area contributed by atoms with Crippen LogP contribution in [0.1, 0.15) is 39.8 Å². The van der Waals surface area contributed by atoms with Gasteiger partial charge in [-0.25, -0.2) is 0 Å². The first-order valence-electron chi connectivity index (χ1n) is 8.22. The normalized spacial score (nSPS) is 18.5. The SMILES string of the molecule is CC1(C)C=C(C(=O)NCCCNCc2ccccn2)C(C)(C)N1. The summed E-state index contributed by atoms with van der Waals surface area (Å²) in [6.45, 7) is 10.5. The molecule has 1 amide bonds. The summed E-state index contributed by atoms with van der Waals surface area (Å²) >= 11 is 0. The van der Waals surface area contributed by atoms with Crippen molar-refractivity contribution in [3.05, 3.63) is 41.7 Å². The predicted octanol–water partition coefficient (Wildman–Crippen LogP) is 1.76. The summed E-state index contributed by atoms with van der Waals surface area (Å²) in [5.74, 6) is 0.0257. The minimum Gasteiger partial charge on any atom is -0.352 e. The van der Waals surface area contributed by atoms with Gasteiger partial charge in [-0.05, 0) is 52.8 Å². The third kappa shape index (κ3) is 5.15. The fourth-order valence-corrected chi connectivity index (χ4v) is 3.03. The maximum atomic E-state index is 12.4. The van der Waals surface area contributed by atoms with Crippen molar-refractivity contribution in [2.75, 3.05) is 13.1 Å². The Hall–Kier alpha value is -1.72. The molecular formula is C18H28N4O. The van der Waals surface area contributed by atoms with E-state index in [1.165, 1.54) is 0 Å². The van der Waals surface area contributed by atoms with Crippen molar-refractivity contribution >= 4 is 5.91 Å². The van der Waals surface area contributed by atoms with Gasteiger partial charge in [-0.3, -0.25) is 15.1 Å². The summed E-state index contributed by atoms with van der Waals surface area (Å²) in [4.78, 5) is 16.6. The molecule has 0 spiro atoms. The van der Waals surface area contributed by atoms with Crippen LogP contribution in [0.3, 0.4) is 0 Å². The lowest BCUT2D eigenvalue weighted by molar-refractivity contribution is -0.118. The number of rotatable bonds is 7. The van der Waals surface area contributed by atoms with Gasteiger partial charge in [-0.2, -0.15) is 0 Å². The van der Waals surface area contributed by atoms with Crippen molar-refractivity contribution < 1.29 is 4.79 Å². The van der Waals surface area contributed by atoms with Crippen LogP contribution in [0.25, 0.3) is 0 Å². The van der Waals surface area contributed by atoms with E-state index >= 15 is 0 Å². The molecule has 1 aliphatic rings. The van der Waals surface area contributed by atoms with Crippen molar-refractivity contribution in [2.45, 2.75) is 51.7 Å². The predicted molar refractivity (Wildman–Crippen MR) is 92.9 cm³/mol. The van der Waals surface area contributed by atoms with E-state index < -0.39 is 0 Å². The van der Waals surface area contributed by atoms with E-state index in [2.05, 4.69) is 34.8 Å². The lowest BCUT2D eigenvalue weighted by atomic mass is 9.96. The van der Waals surface area contributed by atoms with Gasteiger partial charge in [0.15, 0.2) is 0 Å². The Bertz CT molecular complexity index is 564. The monoisotopic (exact) mass is 316 g/mol. The van der Waals surface area contributed by atoms with Crippen LogP contribution in [0.4, 0.5) is 0 Å². The molecule has 2 heterocycles. The summed E-state index contributed by atoms with van der Waals surface area (Å²) in [5.41, 5.74) is 1.43. The summed E-state index contributed by atoms with van der Waals surface area (Å²) in [6, 6.07) is 5.89. The number of hydrogen-bond acceptors (Lipinski definition) is 4. The molecule has 0 radical (unpaired) electrons. The number of pyridine rings is 1. The lowest BCUT2D eigenvalue weighted by Crippen LogP contribution is -2.47. The maximum Gasteiger partial charge on any atom is 0.248 e. The molecule has 23 heavy (non-hydrogen) atoms. The van der Waals surface area contributed by atoms with E-state index in [4.69, 9.17) is 0 Å². The lowest BCUT2D eigenvalue weighted by Gasteiger charge is -2.27. The van der Waals surface area contributed by atoms with Crippen molar-refractivity contribution in [1.29, 1.82) is 0 Å². The summed E-state index contributed by atoms with van der Waals surface area (Å²) < 4.78 is 0. The Balaban J connectivity index is 1.67. The van der Waals surface area contributed by atoms with E-state index in [0.29, 0.717) is 6.54 Å². The van der Waals surface area contributed by atoms with Crippen LogP contribution in [-0.2, 0) is 11.3 Å². The zero-order valence-electron chi connectivity index (χ0n) is 14.6. The van der Waals surface area contributed by atoms with Gasteiger partial charge in [0, 0.05) is 35.9 Å². The summed E-state index contributed by atoms with van der Waals surface area (Å²) in [6.07, 6.45) is 4.72. The van der Waals surface area contributed by atoms with E-state index in [-0.39, 0.29) is 17.0 Å². The molecule has 5 nitrogen and oxygen atoms in total. The van der Waals surface area contributed by atoms with Crippen LogP contribution in [0.5, 0.6) is 0 Å². The highest BCUT2D eigenvalue weighted by Crippen LogP contribution is 2.29. The number of aromatic nitrogens is 1. The molecule has 0 unspecified atom stereocenters. The highest BCUT2D eigenvalue weighted by Gasteiger charge is 2.39. The fraction of sp³-hybridized carbons (Fsp3) is 0.556. The van der Waals surface area contributed by atoms with Gasteiger partial charge in [-0.1, -0.05) is 12.1 Å². The first-order chi connectivity index (χ1) is 10.8. The van der Waals surface area contributed by atoms with E-state index in [9.17, 15) is 4.79 Å². The molecule has 1 aliphatic heterocycles. The first kappa shape index (κ1) is 17.6. The molecule has 0 aromatic carbocycles. The smallest absolute Gasteiger partial charge is 0.248 e. The van der Waals surface area contributed by atoms with Gasteiger partial charge in [0.05, 0.1) is 5.69 Å². The van der Waals surface area contributed by atoms with Gasteiger partial charge in [0.25, 0.3) is 0 Å². The van der Waals surface area contributed by atoms with Crippen molar-refractivity contribution in [3.63, 3.8) is 0 Å². The van der Waals surface area contributed by atoms with Gasteiger partial charge in [0.2, 0.25) is 5.91 Å². The van der Waals surface area contributed by atoms with Crippen molar-refractivity contribution in [3.8, 4) is 0 Å². The average Bonchev–Trinajstić information content (AvgIpc) is 2.71. The zero-order chi connectivity index (χ0) is 16.9. The van der Waals surface area contributed by atoms with E-state index in [1.54, 1.807) is 6.20 Å². The highest BCUT2D eigenvalue weighted by molar-refractivity contribution is 5.96. The second kappa shape index (κ2) is 7.23. The Morgan fingerprint density at radius 3 is 2.61 bits per heavy atom. The standard InChI is InChI=1S/C18H28N4O/c1-17(2)12-15(18(3,4)22-17)16(23)21-11-7-9-19-13-14-8-5-6-10-20-14/h5-6,8,10,12,19,22H,7,9,11,13H2,1-4H3,(H,21,23). The number of amides is 1. The number of carbonyl (C=O) groups is 1. The molecule has 1 aromatic heterocycles. The maximum absolute atomic E-state index is 12.4. The van der Waals surface area contributed by atoms with Crippen LogP contribution >= 0.6 is 0 Å². The molecule has 0 aliphatic carbocycles. The van der Waals surface area contributed by atoms with Gasteiger partial charge in [0.1, 0.15) is 0 Å². The van der Waals surface area contributed by atoms with E-state index in [1.807, 2.05) is 38.1 Å². The Morgan fingerprint density at radius 1 is 1.22 bits per heavy atom. The molecule has 3 N–H and O–H groups in total. The molecular weight excluding hydrogens is 288 g/mol. The first-order valence-corrected chi connectivity index (χ1v) is 8.22. The highest BCUT2D eigenvalue weighted by atomic mass is 16.1. The van der Waals surface area contributed by atoms with Gasteiger partial charge in [-0.15, -0.1) is 0 Å². The molecule has 0 bridgehead atoms. The van der Waals surface area contributed by atoms with Crippen LogP contribution < -0.4 is 16.0 Å². The minimum atomic E-state index is -0.287. The molecule has 126 valence electrons. The largest absolute Gasteiger partial charge is 0.352 e. The minimum absolute atomic E-state index is 0.0257.